The minimum Gasteiger partial charge on any atom is -0.316 e. The SMILES string of the molecule is O=C(Nc1cccc(SC(F)F)c1)N(Cc1ccccn1)C1CC1. The van der Waals surface area contributed by atoms with Gasteiger partial charge in [0, 0.05) is 22.8 Å². The summed E-state index contributed by atoms with van der Waals surface area (Å²) in [5.41, 5.74) is 1.33. The highest BCUT2D eigenvalue weighted by Gasteiger charge is 2.32. The van der Waals surface area contributed by atoms with E-state index >= 15 is 0 Å². The summed E-state index contributed by atoms with van der Waals surface area (Å²) in [5.74, 6) is -2.48. The van der Waals surface area contributed by atoms with Crippen LogP contribution in [-0.4, -0.2) is 27.7 Å². The van der Waals surface area contributed by atoms with E-state index in [2.05, 4.69) is 10.3 Å². The first kappa shape index (κ1) is 16.7. The molecule has 1 aliphatic rings. The maximum Gasteiger partial charge on any atom is 0.322 e. The summed E-state index contributed by atoms with van der Waals surface area (Å²) in [5, 5.41) is 2.80. The lowest BCUT2D eigenvalue weighted by molar-refractivity contribution is 0.205. The lowest BCUT2D eigenvalue weighted by Crippen LogP contribution is -2.36. The number of nitrogens with zero attached hydrogens (tertiary/aromatic N) is 2. The number of alkyl halides is 2. The summed E-state index contributed by atoms with van der Waals surface area (Å²) in [7, 11) is 0. The van der Waals surface area contributed by atoms with Crippen LogP contribution in [0.3, 0.4) is 0 Å². The Morgan fingerprint density at radius 1 is 1.29 bits per heavy atom. The molecule has 1 aromatic heterocycles. The van der Waals surface area contributed by atoms with Crippen LogP contribution in [-0.2, 0) is 6.54 Å². The molecule has 2 aromatic rings. The zero-order valence-electron chi connectivity index (χ0n) is 12.9. The topological polar surface area (TPSA) is 45.2 Å². The smallest absolute Gasteiger partial charge is 0.316 e. The Hall–Kier alpha value is -2.15. The average molecular weight is 349 g/mol. The fourth-order valence-corrected chi connectivity index (χ4v) is 2.92. The van der Waals surface area contributed by atoms with Crippen molar-refractivity contribution in [2.24, 2.45) is 0 Å². The third-order valence-corrected chi connectivity index (χ3v) is 4.32. The second-order valence-electron chi connectivity index (χ2n) is 5.52. The summed E-state index contributed by atoms with van der Waals surface area (Å²) in [6.45, 7) is 0.433. The molecule has 0 unspecified atom stereocenters. The first-order chi connectivity index (χ1) is 11.6. The van der Waals surface area contributed by atoms with Crippen LogP contribution in [0.15, 0.2) is 53.6 Å². The van der Waals surface area contributed by atoms with Gasteiger partial charge in [0.15, 0.2) is 0 Å². The van der Waals surface area contributed by atoms with E-state index in [-0.39, 0.29) is 12.1 Å². The van der Waals surface area contributed by atoms with Crippen LogP contribution in [0.2, 0.25) is 0 Å². The van der Waals surface area contributed by atoms with Gasteiger partial charge >= 0.3 is 6.03 Å². The Balaban J connectivity index is 1.67. The maximum atomic E-state index is 12.6. The van der Waals surface area contributed by atoms with E-state index < -0.39 is 5.76 Å². The molecule has 7 heteroatoms. The highest BCUT2D eigenvalue weighted by molar-refractivity contribution is 7.99. The Labute approximate surface area is 143 Å². The van der Waals surface area contributed by atoms with Gasteiger partial charge in [-0.1, -0.05) is 23.9 Å². The highest BCUT2D eigenvalue weighted by atomic mass is 32.2. The first-order valence-corrected chi connectivity index (χ1v) is 8.52. The quantitative estimate of drug-likeness (QED) is 0.776. The van der Waals surface area contributed by atoms with Crippen LogP contribution >= 0.6 is 11.8 Å². The Morgan fingerprint density at radius 3 is 2.79 bits per heavy atom. The van der Waals surface area contributed by atoms with Gasteiger partial charge in [0.05, 0.1) is 12.2 Å². The summed E-state index contributed by atoms with van der Waals surface area (Å²) in [6, 6.07) is 12.1. The zero-order valence-corrected chi connectivity index (χ0v) is 13.7. The first-order valence-electron chi connectivity index (χ1n) is 7.64. The molecule has 1 saturated carbocycles. The number of carbonyl (C=O) groups excluding carboxylic acids is 1. The Morgan fingerprint density at radius 2 is 2.12 bits per heavy atom. The van der Waals surface area contributed by atoms with Crippen LogP contribution < -0.4 is 5.32 Å². The standard InChI is InChI=1S/C17H17F2N3OS/c18-16(19)24-15-6-3-5-12(10-15)21-17(23)22(14-7-8-14)11-13-4-1-2-9-20-13/h1-6,9-10,14,16H,7-8,11H2,(H,21,23). The van der Waals surface area contributed by atoms with Gasteiger partial charge in [-0.2, -0.15) is 8.78 Å². The largest absolute Gasteiger partial charge is 0.322 e. The number of aromatic nitrogens is 1. The third kappa shape index (κ3) is 4.67. The summed E-state index contributed by atoms with van der Waals surface area (Å²) >= 11 is 0.461. The number of hydrogen-bond acceptors (Lipinski definition) is 3. The van der Waals surface area contributed by atoms with Gasteiger partial charge in [0.1, 0.15) is 0 Å². The molecular weight excluding hydrogens is 332 g/mol. The number of hydrogen-bond donors (Lipinski definition) is 1. The lowest BCUT2D eigenvalue weighted by Gasteiger charge is -2.22. The number of amides is 2. The summed E-state index contributed by atoms with van der Waals surface area (Å²) < 4.78 is 24.9. The van der Waals surface area contributed by atoms with E-state index in [0.29, 0.717) is 28.9 Å². The summed E-state index contributed by atoms with van der Waals surface area (Å²) in [6.07, 6.45) is 3.65. The predicted octanol–water partition coefficient (Wildman–Crippen LogP) is 4.59. The molecule has 1 fully saturated rings. The minimum atomic E-state index is -2.48. The van der Waals surface area contributed by atoms with E-state index in [1.165, 1.54) is 0 Å². The van der Waals surface area contributed by atoms with Crippen molar-refractivity contribution in [3.8, 4) is 0 Å². The molecule has 0 atom stereocenters. The molecular formula is C17H17F2N3OS. The third-order valence-electron chi connectivity index (χ3n) is 3.62. The molecule has 0 saturated heterocycles. The van der Waals surface area contributed by atoms with Gasteiger partial charge in [-0.25, -0.2) is 4.79 Å². The van der Waals surface area contributed by atoms with Crippen molar-refractivity contribution >= 4 is 23.5 Å². The Kier molecular flexibility index (Phi) is 5.30. The van der Waals surface area contributed by atoms with Crippen molar-refractivity contribution in [3.63, 3.8) is 0 Å². The minimum absolute atomic E-state index is 0.214. The fraction of sp³-hybridized carbons (Fsp3) is 0.294. The average Bonchev–Trinajstić information content (AvgIpc) is 3.38. The highest BCUT2D eigenvalue weighted by Crippen LogP contribution is 2.30. The molecule has 0 aliphatic heterocycles. The van der Waals surface area contributed by atoms with E-state index in [9.17, 15) is 13.6 Å². The van der Waals surface area contributed by atoms with Crippen LogP contribution in [0, 0.1) is 0 Å². The lowest BCUT2D eigenvalue weighted by atomic mass is 10.3. The van der Waals surface area contributed by atoms with Crippen molar-refractivity contribution < 1.29 is 13.6 Å². The number of anilines is 1. The predicted molar refractivity (Wildman–Crippen MR) is 90.1 cm³/mol. The van der Waals surface area contributed by atoms with E-state index in [4.69, 9.17) is 0 Å². The van der Waals surface area contributed by atoms with Crippen molar-refractivity contribution in [2.45, 2.75) is 36.1 Å². The van der Waals surface area contributed by atoms with Crippen molar-refractivity contribution in [1.29, 1.82) is 0 Å². The van der Waals surface area contributed by atoms with Gasteiger partial charge in [0.25, 0.3) is 5.76 Å². The number of halogens is 2. The molecule has 2 amide bonds. The summed E-state index contributed by atoms with van der Waals surface area (Å²) in [4.78, 5) is 19.0. The monoisotopic (exact) mass is 349 g/mol. The number of urea groups is 1. The number of pyridine rings is 1. The Bertz CT molecular complexity index is 695. The van der Waals surface area contributed by atoms with E-state index in [1.807, 2.05) is 18.2 Å². The van der Waals surface area contributed by atoms with Crippen LogP contribution in [0.25, 0.3) is 0 Å². The fourth-order valence-electron chi connectivity index (χ4n) is 2.36. The van der Waals surface area contributed by atoms with Crippen molar-refractivity contribution in [3.05, 3.63) is 54.4 Å². The van der Waals surface area contributed by atoms with Crippen LogP contribution in [0.4, 0.5) is 19.3 Å². The van der Waals surface area contributed by atoms with Gasteiger partial charge in [0.2, 0.25) is 0 Å². The molecule has 24 heavy (non-hydrogen) atoms. The molecule has 1 heterocycles. The van der Waals surface area contributed by atoms with Gasteiger partial charge in [-0.15, -0.1) is 0 Å². The number of thioether (sulfide) groups is 1. The number of benzene rings is 1. The van der Waals surface area contributed by atoms with Crippen LogP contribution in [0.5, 0.6) is 0 Å². The van der Waals surface area contributed by atoms with Gasteiger partial charge < -0.3 is 10.2 Å². The van der Waals surface area contributed by atoms with E-state index in [0.717, 1.165) is 18.5 Å². The van der Waals surface area contributed by atoms with Crippen molar-refractivity contribution in [2.75, 3.05) is 5.32 Å². The molecule has 0 bridgehead atoms. The molecule has 126 valence electrons. The number of nitrogens with one attached hydrogen (secondary N) is 1. The molecule has 1 aliphatic carbocycles. The van der Waals surface area contributed by atoms with Gasteiger partial charge in [-0.3, -0.25) is 4.98 Å². The van der Waals surface area contributed by atoms with Crippen LogP contribution in [0.1, 0.15) is 18.5 Å². The molecule has 1 N–H and O–H groups in total. The number of rotatable bonds is 6. The number of carbonyl (C=O) groups is 1. The van der Waals surface area contributed by atoms with Crippen molar-refractivity contribution in [1.82, 2.24) is 9.88 Å². The molecule has 4 nitrogen and oxygen atoms in total. The second kappa shape index (κ2) is 7.61. The second-order valence-corrected chi connectivity index (χ2v) is 6.58. The maximum absolute atomic E-state index is 12.6. The molecule has 1 aromatic carbocycles. The normalized spacial score (nSPS) is 13.8. The zero-order chi connectivity index (χ0) is 16.9. The van der Waals surface area contributed by atoms with Gasteiger partial charge in [-0.05, 0) is 43.2 Å². The molecule has 0 radical (unpaired) electrons. The van der Waals surface area contributed by atoms with E-state index in [1.54, 1.807) is 35.4 Å². The molecule has 0 spiro atoms. The molecule has 3 rings (SSSR count).